The first-order chi connectivity index (χ1) is 9.63. The summed E-state index contributed by atoms with van der Waals surface area (Å²) in [5.41, 5.74) is 2.49. The standard InChI is InChI=1S/C16H22N2O2/c1-3-20-14-4-5-15-13(8-14)9-16(6-7-17-10-16)11-18(15)12(2)19/h4-5,8,17H,3,6-7,9-11H2,1-2H3. The molecule has 1 saturated heterocycles. The lowest BCUT2D eigenvalue weighted by Crippen LogP contribution is -2.47. The summed E-state index contributed by atoms with van der Waals surface area (Å²) >= 11 is 0. The monoisotopic (exact) mass is 274 g/mol. The maximum atomic E-state index is 12.0. The molecular formula is C16H22N2O2. The van der Waals surface area contributed by atoms with E-state index in [1.807, 2.05) is 24.0 Å². The van der Waals surface area contributed by atoms with Crippen molar-refractivity contribution in [1.29, 1.82) is 0 Å². The SMILES string of the molecule is CCOc1ccc2c(c1)CC1(CCNC1)CN2C(C)=O. The summed E-state index contributed by atoms with van der Waals surface area (Å²) in [7, 11) is 0. The van der Waals surface area contributed by atoms with Crippen LogP contribution in [0.4, 0.5) is 5.69 Å². The molecule has 1 atom stereocenters. The number of anilines is 1. The van der Waals surface area contributed by atoms with Gasteiger partial charge in [0.05, 0.1) is 6.61 Å². The highest BCUT2D eigenvalue weighted by Gasteiger charge is 2.41. The van der Waals surface area contributed by atoms with E-state index in [2.05, 4.69) is 11.4 Å². The lowest BCUT2D eigenvalue weighted by atomic mass is 9.77. The number of hydrogen-bond acceptors (Lipinski definition) is 3. The summed E-state index contributed by atoms with van der Waals surface area (Å²) in [5.74, 6) is 1.03. The number of amides is 1. The number of fused-ring (bicyclic) bond motifs is 1. The Kier molecular flexibility index (Phi) is 3.42. The summed E-state index contributed by atoms with van der Waals surface area (Å²) in [5, 5.41) is 3.44. The van der Waals surface area contributed by atoms with Gasteiger partial charge in [-0.25, -0.2) is 0 Å². The lowest BCUT2D eigenvalue weighted by molar-refractivity contribution is -0.117. The number of benzene rings is 1. The van der Waals surface area contributed by atoms with Gasteiger partial charge in [-0.15, -0.1) is 0 Å². The molecule has 1 spiro atoms. The lowest BCUT2D eigenvalue weighted by Gasteiger charge is -2.41. The molecule has 1 aromatic rings. The highest BCUT2D eigenvalue weighted by molar-refractivity contribution is 5.93. The van der Waals surface area contributed by atoms with Crippen LogP contribution >= 0.6 is 0 Å². The average Bonchev–Trinajstić information content (AvgIpc) is 2.85. The fraction of sp³-hybridized carbons (Fsp3) is 0.562. The second kappa shape index (κ2) is 5.09. The average molecular weight is 274 g/mol. The van der Waals surface area contributed by atoms with E-state index in [1.54, 1.807) is 6.92 Å². The van der Waals surface area contributed by atoms with Gasteiger partial charge in [-0.05, 0) is 50.1 Å². The van der Waals surface area contributed by atoms with Gasteiger partial charge in [0.1, 0.15) is 5.75 Å². The number of nitrogens with zero attached hydrogens (tertiary/aromatic N) is 1. The summed E-state index contributed by atoms with van der Waals surface area (Å²) in [6, 6.07) is 6.09. The third kappa shape index (κ3) is 2.29. The van der Waals surface area contributed by atoms with Crippen LogP contribution in [0.3, 0.4) is 0 Å². The number of carbonyl (C=O) groups excluding carboxylic acids is 1. The highest BCUT2D eigenvalue weighted by atomic mass is 16.5. The summed E-state index contributed by atoms with van der Waals surface area (Å²) in [6.07, 6.45) is 2.16. The van der Waals surface area contributed by atoms with Gasteiger partial charge >= 0.3 is 0 Å². The zero-order valence-electron chi connectivity index (χ0n) is 12.2. The minimum Gasteiger partial charge on any atom is -0.494 e. The van der Waals surface area contributed by atoms with Crippen LogP contribution in [0.25, 0.3) is 0 Å². The number of rotatable bonds is 2. The summed E-state index contributed by atoms with van der Waals surface area (Å²) < 4.78 is 5.60. The maximum Gasteiger partial charge on any atom is 0.223 e. The number of carbonyl (C=O) groups is 1. The summed E-state index contributed by atoms with van der Waals surface area (Å²) in [4.78, 5) is 13.9. The van der Waals surface area contributed by atoms with Gasteiger partial charge in [-0.2, -0.15) is 0 Å². The van der Waals surface area contributed by atoms with Gasteiger partial charge in [-0.3, -0.25) is 4.79 Å². The first-order valence-corrected chi connectivity index (χ1v) is 7.38. The van der Waals surface area contributed by atoms with Crippen molar-refractivity contribution < 1.29 is 9.53 Å². The highest BCUT2D eigenvalue weighted by Crippen LogP contribution is 2.41. The molecule has 108 valence electrons. The topological polar surface area (TPSA) is 41.6 Å². The van der Waals surface area contributed by atoms with Crippen LogP contribution in [0.1, 0.15) is 25.8 Å². The molecule has 20 heavy (non-hydrogen) atoms. The molecule has 2 heterocycles. The van der Waals surface area contributed by atoms with Crippen molar-refractivity contribution in [3.63, 3.8) is 0 Å². The second-order valence-corrected chi connectivity index (χ2v) is 5.93. The molecule has 3 rings (SSSR count). The van der Waals surface area contributed by atoms with E-state index in [0.717, 1.165) is 43.9 Å². The molecule has 0 aromatic heterocycles. The zero-order valence-corrected chi connectivity index (χ0v) is 12.2. The number of ether oxygens (including phenoxy) is 1. The van der Waals surface area contributed by atoms with Gasteiger partial charge in [0, 0.05) is 31.1 Å². The molecule has 1 N–H and O–H groups in total. The molecule has 2 aliphatic heterocycles. The van der Waals surface area contributed by atoms with Gasteiger partial charge in [0.2, 0.25) is 5.91 Å². The van der Waals surface area contributed by atoms with Gasteiger partial charge < -0.3 is 15.0 Å². The maximum absolute atomic E-state index is 12.0. The molecule has 1 fully saturated rings. The fourth-order valence-corrected chi connectivity index (χ4v) is 3.47. The first-order valence-electron chi connectivity index (χ1n) is 7.38. The first kappa shape index (κ1) is 13.4. The van der Waals surface area contributed by atoms with E-state index < -0.39 is 0 Å². The number of hydrogen-bond donors (Lipinski definition) is 1. The van der Waals surface area contributed by atoms with E-state index >= 15 is 0 Å². The molecule has 0 saturated carbocycles. The predicted molar refractivity (Wildman–Crippen MR) is 79.3 cm³/mol. The Morgan fingerprint density at radius 1 is 1.50 bits per heavy atom. The van der Waals surface area contributed by atoms with Crippen molar-refractivity contribution in [3.8, 4) is 5.75 Å². The van der Waals surface area contributed by atoms with Gasteiger partial charge in [0.15, 0.2) is 0 Å². The number of nitrogens with one attached hydrogen (secondary N) is 1. The molecule has 1 unspecified atom stereocenters. The third-order valence-corrected chi connectivity index (χ3v) is 4.42. The Bertz CT molecular complexity index is 521. The predicted octanol–water partition coefficient (Wildman–Crippen LogP) is 1.97. The Labute approximate surface area is 120 Å². The van der Waals surface area contributed by atoms with E-state index in [1.165, 1.54) is 5.56 Å². The van der Waals surface area contributed by atoms with Gasteiger partial charge in [-0.1, -0.05) is 0 Å². The van der Waals surface area contributed by atoms with Crippen LogP contribution in [0.15, 0.2) is 18.2 Å². The van der Waals surface area contributed by atoms with E-state index in [9.17, 15) is 4.79 Å². The minimum absolute atomic E-state index is 0.126. The van der Waals surface area contributed by atoms with Crippen molar-refractivity contribution in [1.82, 2.24) is 5.32 Å². The molecule has 0 bridgehead atoms. The van der Waals surface area contributed by atoms with Crippen LogP contribution in [0.5, 0.6) is 5.75 Å². The van der Waals surface area contributed by atoms with Crippen LogP contribution in [-0.2, 0) is 11.2 Å². The smallest absolute Gasteiger partial charge is 0.223 e. The minimum atomic E-state index is 0.126. The van der Waals surface area contributed by atoms with Crippen molar-refractivity contribution >= 4 is 11.6 Å². The molecule has 1 aromatic carbocycles. The molecular weight excluding hydrogens is 252 g/mol. The van der Waals surface area contributed by atoms with E-state index in [0.29, 0.717) is 6.61 Å². The Balaban J connectivity index is 1.99. The molecule has 1 amide bonds. The van der Waals surface area contributed by atoms with E-state index in [-0.39, 0.29) is 11.3 Å². The summed E-state index contributed by atoms with van der Waals surface area (Å²) in [6.45, 7) is 7.19. The van der Waals surface area contributed by atoms with Crippen molar-refractivity contribution in [2.75, 3.05) is 31.1 Å². The Morgan fingerprint density at radius 2 is 2.35 bits per heavy atom. The molecule has 0 aliphatic carbocycles. The van der Waals surface area contributed by atoms with Crippen molar-refractivity contribution in [2.45, 2.75) is 26.7 Å². The van der Waals surface area contributed by atoms with Crippen molar-refractivity contribution in [2.24, 2.45) is 5.41 Å². The van der Waals surface area contributed by atoms with Crippen LogP contribution in [0, 0.1) is 5.41 Å². The normalized spacial score (nSPS) is 24.8. The Hall–Kier alpha value is -1.55. The molecule has 0 radical (unpaired) electrons. The van der Waals surface area contributed by atoms with Crippen LogP contribution in [-0.4, -0.2) is 32.1 Å². The quantitative estimate of drug-likeness (QED) is 0.896. The van der Waals surface area contributed by atoms with Crippen LogP contribution in [0.2, 0.25) is 0 Å². The largest absolute Gasteiger partial charge is 0.494 e. The molecule has 4 heteroatoms. The Morgan fingerprint density at radius 3 is 3.00 bits per heavy atom. The molecule has 4 nitrogen and oxygen atoms in total. The van der Waals surface area contributed by atoms with Gasteiger partial charge in [0.25, 0.3) is 0 Å². The second-order valence-electron chi connectivity index (χ2n) is 5.93. The third-order valence-electron chi connectivity index (χ3n) is 4.42. The zero-order chi connectivity index (χ0) is 14.2. The molecule has 2 aliphatic rings. The van der Waals surface area contributed by atoms with Crippen molar-refractivity contribution in [3.05, 3.63) is 23.8 Å². The van der Waals surface area contributed by atoms with Crippen LogP contribution < -0.4 is 15.0 Å². The van der Waals surface area contributed by atoms with E-state index in [4.69, 9.17) is 4.74 Å². The fourth-order valence-electron chi connectivity index (χ4n) is 3.47.